The van der Waals surface area contributed by atoms with E-state index in [1.807, 2.05) is 10.6 Å². The van der Waals surface area contributed by atoms with E-state index in [2.05, 4.69) is 43.4 Å². The molecular formula is C34H39F8NO3. The van der Waals surface area contributed by atoms with E-state index in [4.69, 9.17) is 4.74 Å². The molecule has 0 aliphatic heterocycles. The van der Waals surface area contributed by atoms with Crippen LogP contribution in [0.25, 0.3) is 22.2 Å². The van der Waals surface area contributed by atoms with Gasteiger partial charge < -0.3 is 14.0 Å². The first-order chi connectivity index (χ1) is 21.4. The minimum absolute atomic E-state index is 0.00206. The van der Waals surface area contributed by atoms with Crippen molar-refractivity contribution in [3.63, 3.8) is 0 Å². The first kappa shape index (κ1) is 36.9. The molecule has 3 aromatic rings. The molecule has 0 unspecified atom stereocenters. The molecule has 1 aromatic heterocycles. The molecule has 2 aromatic carbocycles. The van der Waals surface area contributed by atoms with Crippen LogP contribution in [0.3, 0.4) is 0 Å². The molecule has 0 aliphatic rings. The summed E-state index contributed by atoms with van der Waals surface area (Å²) in [5.41, 5.74) is 4.67. The quantitative estimate of drug-likeness (QED) is 0.0626. The molecule has 0 amide bonds. The van der Waals surface area contributed by atoms with Gasteiger partial charge in [-0.3, -0.25) is 0 Å². The van der Waals surface area contributed by atoms with Gasteiger partial charge in [0.05, 0.1) is 31.6 Å². The highest BCUT2D eigenvalue weighted by Crippen LogP contribution is 2.54. The number of unbranched alkanes of at least 4 members (excludes halogenated alkanes) is 2. The van der Waals surface area contributed by atoms with Gasteiger partial charge in [-0.25, -0.2) is 4.79 Å². The van der Waals surface area contributed by atoms with Gasteiger partial charge in [0.2, 0.25) is 0 Å². The van der Waals surface area contributed by atoms with Crippen LogP contribution in [0.4, 0.5) is 35.1 Å². The number of aromatic nitrogens is 1. The largest absolute Gasteiger partial charge is 0.493 e. The van der Waals surface area contributed by atoms with Crippen LogP contribution in [-0.4, -0.2) is 47.4 Å². The highest BCUT2D eigenvalue weighted by atomic mass is 19.4. The van der Waals surface area contributed by atoms with Gasteiger partial charge in [0.1, 0.15) is 5.75 Å². The fraction of sp³-hybridized carbons (Fsp3) is 0.500. The van der Waals surface area contributed by atoms with Crippen molar-refractivity contribution in [2.45, 2.75) is 89.4 Å². The molecule has 1 heterocycles. The molecule has 0 radical (unpaired) electrons. The lowest BCUT2D eigenvalue weighted by atomic mass is 9.95. The van der Waals surface area contributed by atoms with Crippen LogP contribution in [0, 0.1) is 0 Å². The van der Waals surface area contributed by atoms with Crippen LogP contribution in [0.2, 0.25) is 0 Å². The first-order valence-corrected chi connectivity index (χ1v) is 15.1. The summed E-state index contributed by atoms with van der Waals surface area (Å²) in [6, 6.07) is 12.8. The summed E-state index contributed by atoms with van der Waals surface area (Å²) in [6.07, 6.45) is 1.06. The summed E-state index contributed by atoms with van der Waals surface area (Å²) in [4.78, 5) is 11.3. The average molecular weight is 662 g/mol. The number of fused-ring (bicyclic) bond motifs is 1. The second-order valence-electron chi connectivity index (χ2n) is 11.4. The van der Waals surface area contributed by atoms with Crippen LogP contribution in [0.15, 0.2) is 54.6 Å². The molecule has 0 aliphatic carbocycles. The van der Waals surface area contributed by atoms with E-state index in [9.17, 15) is 39.9 Å². The first-order valence-electron chi connectivity index (χ1n) is 15.1. The van der Waals surface area contributed by atoms with Crippen LogP contribution >= 0.6 is 0 Å². The lowest BCUT2D eigenvalue weighted by molar-refractivity contribution is -0.368. The zero-order valence-corrected chi connectivity index (χ0v) is 26.3. The van der Waals surface area contributed by atoms with E-state index < -0.39 is 55.7 Å². The molecule has 46 heavy (non-hydrogen) atoms. The number of esters is 1. The molecule has 0 fully saturated rings. The Bertz CT molecular complexity index is 1530. The van der Waals surface area contributed by atoms with Gasteiger partial charge in [-0.05, 0) is 55.5 Å². The SMILES string of the molecule is C=C(C)C(=O)OCCC(F)(F)C(F)(F)C(F)(F)C(F)(F)CCOc1ccc2cc(-c3ccc(CCCCC)cc3CC)n(C)c2c1. The molecule has 0 saturated heterocycles. The number of ether oxygens (including phenoxy) is 2. The van der Waals surface area contributed by atoms with Crippen molar-refractivity contribution in [1.82, 2.24) is 4.57 Å². The van der Waals surface area contributed by atoms with E-state index in [1.54, 1.807) is 13.1 Å². The van der Waals surface area contributed by atoms with Crippen molar-refractivity contribution in [1.29, 1.82) is 0 Å². The van der Waals surface area contributed by atoms with E-state index in [0.29, 0.717) is 5.52 Å². The van der Waals surface area contributed by atoms with Gasteiger partial charge in [0.25, 0.3) is 0 Å². The Labute approximate surface area is 263 Å². The Morgan fingerprint density at radius 1 is 0.848 bits per heavy atom. The van der Waals surface area contributed by atoms with E-state index in [1.165, 1.54) is 17.7 Å². The number of hydrogen-bond acceptors (Lipinski definition) is 3. The van der Waals surface area contributed by atoms with Crippen molar-refractivity contribution < 1.29 is 49.4 Å². The van der Waals surface area contributed by atoms with Crippen LogP contribution in [-0.2, 0) is 29.4 Å². The maximum absolute atomic E-state index is 14.4. The van der Waals surface area contributed by atoms with E-state index in [-0.39, 0.29) is 11.3 Å². The summed E-state index contributed by atoms with van der Waals surface area (Å²) in [7, 11) is 1.80. The molecule has 12 heteroatoms. The summed E-state index contributed by atoms with van der Waals surface area (Å²) in [5.74, 6) is -25.4. The zero-order valence-electron chi connectivity index (χ0n) is 26.3. The third-order valence-corrected chi connectivity index (χ3v) is 7.91. The Morgan fingerprint density at radius 2 is 1.48 bits per heavy atom. The summed E-state index contributed by atoms with van der Waals surface area (Å²) in [6.45, 7) is 5.92. The predicted molar refractivity (Wildman–Crippen MR) is 161 cm³/mol. The third-order valence-electron chi connectivity index (χ3n) is 7.91. The van der Waals surface area contributed by atoms with Gasteiger partial charge in [-0.15, -0.1) is 0 Å². The van der Waals surface area contributed by atoms with Gasteiger partial charge in [0, 0.05) is 35.3 Å². The number of nitrogens with zero attached hydrogens (tertiary/aromatic N) is 1. The molecule has 0 spiro atoms. The highest BCUT2D eigenvalue weighted by molar-refractivity contribution is 5.88. The number of carbonyl (C=O) groups excluding carboxylic acids is 1. The maximum Gasteiger partial charge on any atom is 0.378 e. The normalized spacial score (nSPS) is 12.9. The van der Waals surface area contributed by atoms with Gasteiger partial charge in [-0.2, -0.15) is 35.1 Å². The van der Waals surface area contributed by atoms with Crippen LogP contribution < -0.4 is 4.74 Å². The van der Waals surface area contributed by atoms with Crippen molar-refractivity contribution in [3.05, 3.63) is 65.7 Å². The number of aryl methyl sites for hydroxylation is 3. The van der Waals surface area contributed by atoms with Crippen molar-refractivity contribution >= 4 is 16.9 Å². The summed E-state index contributed by atoms with van der Waals surface area (Å²) in [5, 5.41) is 0.784. The Morgan fingerprint density at radius 3 is 2.07 bits per heavy atom. The van der Waals surface area contributed by atoms with Crippen molar-refractivity contribution in [3.8, 4) is 17.0 Å². The summed E-state index contributed by atoms with van der Waals surface area (Å²) >= 11 is 0. The van der Waals surface area contributed by atoms with Crippen LogP contribution in [0.5, 0.6) is 5.75 Å². The minimum atomic E-state index is -6.47. The monoisotopic (exact) mass is 661 g/mol. The summed E-state index contributed by atoms with van der Waals surface area (Å²) < 4.78 is 126. The fourth-order valence-corrected chi connectivity index (χ4v) is 5.05. The highest BCUT2D eigenvalue weighted by Gasteiger charge is 2.79. The Balaban J connectivity index is 1.73. The molecule has 0 bridgehead atoms. The molecule has 4 nitrogen and oxygen atoms in total. The third kappa shape index (κ3) is 7.69. The van der Waals surface area contributed by atoms with E-state index >= 15 is 0 Å². The van der Waals surface area contributed by atoms with Gasteiger partial charge in [0.15, 0.2) is 0 Å². The number of rotatable bonds is 17. The smallest absolute Gasteiger partial charge is 0.378 e. The second kappa shape index (κ2) is 14.5. The maximum atomic E-state index is 14.4. The molecule has 3 rings (SSSR count). The van der Waals surface area contributed by atoms with Crippen LogP contribution in [0.1, 0.15) is 64.0 Å². The van der Waals surface area contributed by atoms with Crippen molar-refractivity contribution in [2.75, 3.05) is 13.2 Å². The van der Waals surface area contributed by atoms with E-state index in [0.717, 1.165) is 61.2 Å². The molecule has 0 saturated carbocycles. The molecule has 0 N–H and O–H groups in total. The van der Waals surface area contributed by atoms with Gasteiger partial charge >= 0.3 is 29.7 Å². The molecular weight excluding hydrogens is 622 g/mol. The fourth-order valence-electron chi connectivity index (χ4n) is 5.05. The number of hydrogen-bond donors (Lipinski definition) is 0. The number of alkyl halides is 8. The predicted octanol–water partition coefficient (Wildman–Crippen LogP) is 9.96. The molecule has 254 valence electrons. The molecule has 0 atom stereocenters. The topological polar surface area (TPSA) is 40.5 Å². The second-order valence-corrected chi connectivity index (χ2v) is 11.4. The van der Waals surface area contributed by atoms with Gasteiger partial charge in [-0.1, -0.05) is 51.5 Å². The Hall–Kier alpha value is -3.57. The number of benzene rings is 2. The Kier molecular flexibility index (Phi) is 11.6. The number of halogens is 8. The zero-order chi connectivity index (χ0) is 34.5. The lowest BCUT2D eigenvalue weighted by Crippen LogP contribution is -2.62. The minimum Gasteiger partial charge on any atom is -0.493 e. The standard InChI is InChI=1S/C34H39F8NO3/c1-6-8-9-10-23-11-14-27(24(7-2)19-23)29-20-25-12-13-26(21-28(25)43(29)5)45-17-15-31(35,36)33(39,40)34(41,42)32(37,38)16-18-46-30(44)22(3)4/h11-14,19-21H,3,6-10,15-18H2,1-2,4-5H3. The van der Waals surface area contributed by atoms with Crippen molar-refractivity contribution in [2.24, 2.45) is 7.05 Å². The lowest BCUT2D eigenvalue weighted by Gasteiger charge is -2.36. The average Bonchev–Trinajstić information content (AvgIpc) is 3.31. The number of carbonyl (C=O) groups is 1.